The molecule has 3 heterocycles. The first-order valence-corrected chi connectivity index (χ1v) is 10.3. The van der Waals surface area contributed by atoms with Crippen molar-refractivity contribution in [1.82, 2.24) is 25.4 Å². The van der Waals surface area contributed by atoms with Crippen molar-refractivity contribution in [3.05, 3.63) is 53.1 Å². The summed E-state index contributed by atoms with van der Waals surface area (Å²) in [7, 11) is 0. The van der Waals surface area contributed by atoms with E-state index in [1.165, 1.54) is 23.1 Å². The normalized spacial score (nSPS) is 10.6. The summed E-state index contributed by atoms with van der Waals surface area (Å²) in [5.74, 6) is 0.992. The minimum absolute atomic E-state index is 0.0338. The SMILES string of the molecule is C=CCn1c(SCC(=O)NC(=O)NCc2cccs2)nnc1-c1ccoc1C. The zero-order chi connectivity index (χ0) is 19.9. The van der Waals surface area contributed by atoms with Crippen LogP contribution in [-0.4, -0.2) is 32.5 Å². The number of allylic oxidation sites excluding steroid dienone is 1. The van der Waals surface area contributed by atoms with Crippen LogP contribution in [0.5, 0.6) is 0 Å². The molecule has 0 saturated heterocycles. The molecule has 3 aromatic rings. The molecule has 2 N–H and O–H groups in total. The second-order valence-electron chi connectivity index (χ2n) is 5.69. The number of aromatic nitrogens is 3. The van der Waals surface area contributed by atoms with Gasteiger partial charge in [0.05, 0.1) is 24.1 Å². The molecule has 0 unspecified atom stereocenters. The van der Waals surface area contributed by atoms with Crippen molar-refractivity contribution < 1.29 is 14.0 Å². The van der Waals surface area contributed by atoms with Crippen molar-refractivity contribution in [3.8, 4) is 11.4 Å². The van der Waals surface area contributed by atoms with E-state index in [-0.39, 0.29) is 5.75 Å². The van der Waals surface area contributed by atoms with Gasteiger partial charge in [0.15, 0.2) is 11.0 Å². The largest absolute Gasteiger partial charge is 0.469 e. The van der Waals surface area contributed by atoms with Gasteiger partial charge in [-0.05, 0) is 24.4 Å². The molecule has 28 heavy (non-hydrogen) atoms. The number of rotatable bonds is 8. The van der Waals surface area contributed by atoms with Crippen LogP contribution in [0.1, 0.15) is 10.6 Å². The van der Waals surface area contributed by atoms with E-state index < -0.39 is 11.9 Å². The van der Waals surface area contributed by atoms with Gasteiger partial charge in [-0.3, -0.25) is 14.7 Å². The molecule has 0 aliphatic carbocycles. The number of carbonyl (C=O) groups is 2. The Labute approximate surface area is 170 Å². The first-order valence-electron chi connectivity index (χ1n) is 8.40. The number of aryl methyl sites for hydroxylation is 1. The van der Waals surface area contributed by atoms with Crippen molar-refractivity contribution in [2.24, 2.45) is 0 Å². The molecule has 0 spiro atoms. The summed E-state index contributed by atoms with van der Waals surface area (Å²) in [5, 5.41) is 15.8. The summed E-state index contributed by atoms with van der Waals surface area (Å²) in [5.41, 5.74) is 0.832. The zero-order valence-electron chi connectivity index (χ0n) is 15.2. The van der Waals surface area contributed by atoms with Crippen LogP contribution in [0.25, 0.3) is 11.4 Å². The standard InChI is InChI=1S/C18H19N5O3S2/c1-3-7-23-16(14-6-8-26-12(14)2)21-22-18(23)28-11-15(24)20-17(25)19-10-13-5-4-9-27-13/h3-6,8-9H,1,7,10-11H2,2H3,(H2,19,20,24,25). The topological polar surface area (TPSA) is 102 Å². The van der Waals surface area contributed by atoms with E-state index in [1.54, 1.807) is 12.3 Å². The third kappa shape index (κ3) is 4.90. The van der Waals surface area contributed by atoms with Crippen molar-refractivity contribution in [1.29, 1.82) is 0 Å². The molecule has 0 aliphatic rings. The lowest BCUT2D eigenvalue weighted by Crippen LogP contribution is -2.39. The van der Waals surface area contributed by atoms with Crippen LogP contribution in [0.3, 0.4) is 0 Å². The lowest BCUT2D eigenvalue weighted by Gasteiger charge is -2.08. The highest BCUT2D eigenvalue weighted by atomic mass is 32.2. The maximum Gasteiger partial charge on any atom is 0.321 e. The Morgan fingerprint density at radius 1 is 1.39 bits per heavy atom. The fourth-order valence-electron chi connectivity index (χ4n) is 2.42. The van der Waals surface area contributed by atoms with Crippen LogP contribution >= 0.6 is 23.1 Å². The second kappa shape index (κ2) is 9.38. The predicted molar refractivity (Wildman–Crippen MR) is 108 cm³/mol. The molecule has 3 amide bonds. The van der Waals surface area contributed by atoms with Gasteiger partial charge in [0.1, 0.15) is 5.76 Å². The molecule has 8 nitrogen and oxygen atoms in total. The molecule has 0 radical (unpaired) electrons. The summed E-state index contributed by atoms with van der Waals surface area (Å²) in [4.78, 5) is 24.9. The van der Waals surface area contributed by atoms with E-state index in [4.69, 9.17) is 4.42 Å². The van der Waals surface area contributed by atoms with Crippen LogP contribution in [0.4, 0.5) is 4.79 Å². The van der Waals surface area contributed by atoms with Gasteiger partial charge < -0.3 is 9.73 Å². The maximum atomic E-state index is 12.1. The molecule has 3 aromatic heterocycles. The number of nitrogens with zero attached hydrogens (tertiary/aromatic N) is 3. The number of hydrogen-bond donors (Lipinski definition) is 2. The number of furan rings is 1. The first-order chi connectivity index (χ1) is 13.6. The van der Waals surface area contributed by atoms with Crippen LogP contribution in [0.2, 0.25) is 0 Å². The van der Waals surface area contributed by atoms with E-state index in [1.807, 2.05) is 35.1 Å². The average Bonchev–Trinajstić information content (AvgIpc) is 3.40. The van der Waals surface area contributed by atoms with Gasteiger partial charge in [0.25, 0.3) is 0 Å². The quantitative estimate of drug-likeness (QED) is 0.431. The van der Waals surface area contributed by atoms with Crippen molar-refractivity contribution in [2.75, 3.05) is 5.75 Å². The molecule has 0 aliphatic heterocycles. The summed E-state index contributed by atoms with van der Waals surface area (Å²) in [6, 6.07) is 5.10. The van der Waals surface area contributed by atoms with Gasteiger partial charge in [-0.15, -0.1) is 28.1 Å². The average molecular weight is 418 g/mol. The molecule has 0 saturated carbocycles. The minimum atomic E-state index is -0.527. The molecular weight excluding hydrogens is 398 g/mol. The van der Waals surface area contributed by atoms with Crippen LogP contribution < -0.4 is 10.6 Å². The van der Waals surface area contributed by atoms with E-state index in [2.05, 4.69) is 27.4 Å². The Bertz CT molecular complexity index is 962. The minimum Gasteiger partial charge on any atom is -0.469 e. The Kier molecular flexibility index (Phi) is 6.66. The molecular formula is C18H19N5O3S2. The molecule has 3 rings (SSSR count). The summed E-state index contributed by atoms with van der Waals surface area (Å²) >= 11 is 2.73. The lowest BCUT2D eigenvalue weighted by atomic mass is 10.2. The molecule has 0 fully saturated rings. The Morgan fingerprint density at radius 2 is 2.25 bits per heavy atom. The summed E-state index contributed by atoms with van der Waals surface area (Å²) in [6.45, 7) is 6.47. The first kappa shape index (κ1) is 19.9. The number of nitrogens with one attached hydrogen (secondary N) is 2. The van der Waals surface area contributed by atoms with Crippen molar-refractivity contribution >= 4 is 35.0 Å². The molecule has 10 heteroatoms. The predicted octanol–water partition coefficient (Wildman–Crippen LogP) is 3.21. The highest BCUT2D eigenvalue weighted by molar-refractivity contribution is 7.99. The van der Waals surface area contributed by atoms with Crippen LogP contribution in [0, 0.1) is 6.92 Å². The van der Waals surface area contributed by atoms with Crippen LogP contribution in [-0.2, 0) is 17.9 Å². The molecule has 0 aromatic carbocycles. The fraction of sp³-hybridized carbons (Fsp3) is 0.222. The molecule has 0 bridgehead atoms. The van der Waals surface area contributed by atoms with E-state index in [0.29, 0.717) is 24.1 Å². The monoisotopic (exact) mass is 417 g/mol. The summed E-state index contributed by atoms with van der Waals surface area (Å²) in [6.07, 6.45) is 3.32. The highest BCUT2D eigenvalue weighted by Crippen LogP contribution is 2.27. The van der Waals surface area contributed by atoms with Crippen molar-refractivity contribution in [3.63, 3.8) is 0 Å². The second-order valence-corrected chi connectivity index (χ2v) is 7.67. The molecule has 146 valence electrons. The van der Waals surface area contributed by atoms with Gasteiger partial charge in [-0.2, -0.15) is 0 Å². The van der Waals surface area contributed by atoms with E-state index in [0.717, 1.165) is 16.2 Å². The fourth-order valence-corrected chi connectivity index (χ4v) is 3.82. The maximum absolute atomic E-state index is 12.1. The van der Waals surface area contributed by atoms with Gasteiger partial charge in [0, 0.05) is 11.4 Å². The highest BCUT2D eigenvalue weighted by Gasteiger charge is 2.18. The Balaban J connectivity index is 1.57. The van der Waals surface area contributed by atoms with Gasteiger partial charge >= 0.3 is 6.03 Å². The Hall–Kier alpha value is -2.85. The third-order valence-corrected chi connectivity index (χ3v) is 5.56. The molecule has 0 atom stereocenters. The van der Waals surface area contributed by atoms with E-state index in [9.17, 15) is 9.59 Å². The van der Waals surface area contributed by atoms with Gasteiger partial charge in [0.2, 0.25) is 5.91 Å². The van der Waals surface area contributed by atoms with Crippen molar-refractivity contribution in [2.45, 2.75) is 25.2 Å². The summed E-state index contributed by atoms with van der Waals surface area (Å²) < 4.78 is 7.18. The van der Waals surface area contributed by atoms with Gasteiger partial charge in [-0.1, -0.05) is 23.9 Å². The number of hydrogen-bond acceptors (Lipinski definition) is 7. The number of thiophene rings is 1. The zero-order valence-corrected chi connectivity index (χ0v) is 16.8. The number of urea groups is 1. The van der Waals surface area contributed by atoms with E-state index >= 15 is 0 Å². The Morgan fingerprint density at radius 3 is 2.93 bits per heavy atom. The smallest absolute Gasteiger partial charge is 0.321 e. The number of amides is 3. The number of carbonyl (C=O) groups excluding carboxylic acids is 2. The van der Waals surface area contributed by atoms with Gasteiger partial charge in [-0.25, -0.2) is 4.79 Å². The lowest BCUT2D eigenvalue weighted by molar-refractivity contribution is -0.117. The number of thioether (sulfide) groups is 1. The van der Waals surface area contributed by atoms with Crippen LogP contribution in [0.15, 0.2) is 52.1 Å². The third-order valence-electron chi connectivity index (χ3n) is 3.72. The number of imide groups is 1.